The summed E-state index contributed by atoms with van der Waals surface area (Å²) >= 11 is 1.15. The summed E-state index contributed by atoms with van der Waals surface area (Å²) in [5.74, 6) is -1.03. The van der Waals surface area contributed by atoms with E-state index in [0.29, 0.717) is 12.2 Å². The van der Waals surface area contributed by atoms with Gasteiger partial charge < -0.3 is 50.9 Å². The molecule has 1 fully saturated rings. The van der Waals surface area contributed by atoms with Crippen LogP contribution in [-0.2, 0) is 50.7 Å². The number of anilines is 1. The van der Waals surface area contributed by atoms with E-state index < -0.39 is 84.6 Å². The number of amides is 2. The molecule has 0 saturated carbocycles. The molecule has 0 aromatic carbocycles. The van der Waals surface area contributed by atoms with Gasteiger partial charge >= 0.3 is 23.5 Å². The highest BCUT2D eigenvalue weighted by Crippen LogP contribution is 2.61. The van der Waals surface area contributed by atoms with Crippen molar-refractivity contribution >= 4 is 69.1 Å². The second kappa shape index (κ2) is 32.7. The number of aromatic nitrogens is 4. The molecular weight excluding hydrogens is 1020 g/mol. The summed E-state index contributed by atoms with van der Waals surface area (Å²) < 4.78 is 62.5. The van der Waals surface area contributed by atoms with Gasteiger partial charge in [0.05, 0.1) is 19.5 Å². The highest BCUT2D eigenvalue weighted by atomic mass is 32.2. The third-order valence-electron chi connectivity index (χ3n) is 11.7. The lowest BCUT2D eigenvalue weighted by Gasteiger charge is -2.30. The van der Waals surface area contributed by atoms with Crippen molar-refractivity contribution < 1.29 is 80.5 Å². The monoisotopic (exact) mass is 1100 g/mol. The van der Waals surface area contributed by atoms with Crippen molar-refractivity contribution in [2.24, 2.45) is 5.41 Å². The molecule has 0 radical (unpaired) electrons. The van der Waals surface area contributed by atoms with Crippen LogP contribution in [0.1, 0.15) is 155 Å². The Morgan fingerprint density at radius 3 is 2.03 bits per heavy atom. The number of imidazole rings is 1. The first-order valence-corrected chi connectivity index (χ1v) is 30.3. The number of aliphatic hydroxyl groups excluding tert-OH is 2. The van der Waals surface area contributed by atoms with Gasteiger partial charge in [-0.3, -0.25) is 32.5 Å². The maximum Gasteiger partial charge on any atom is 0.481 e. The van der Waals surface area contributed by atoms with Gasteiger partial charge in [0.2, 0.25) is 11.8 Å². The number of unbranched alkanes of at least 4 members (excludes halogenated alkanes) is 16. The zero-order valence-electron chi connectivity index (χ0n) is 41.7. The number of hydrogen-bond acceptors (Lipinski definition) is 18. The lowest BCUT2D eigenvalue weighted by atomic mass is 9.87. The van der Waals surface area contributed by atoms with Gasteiger partial charge in [-0.2, -0.15) is 4.31 Å². The van der Waals surface area contributed by atoms with Crippen molar-refractivity contribution in [2.45, 2.75) is 180 Å². The van der Waals surface area contributed by atoms with Gasteiger partial charge in [0.1, 0.15) is 36.3 Å². The minimum Gasteiger partial charge on any atom is -0.386 e. The number of nitrogens with zero attached hydrogens (tertiary/aromatic N) is 4. The quantitative estimate of drug-likeness (QED) is 0.0192. The third-order valence-corrected chi connectivity index (χ3v) is 15.7. The lowest BCUT2D eigenvalue weighted by Crippen LogP contribution is -2.46. The maximum atomic E-state index is 12.8. The van der Waals surface area contributed by atoms with Gasteiger partial charge in [-0.25, -0.2) is 28.6 Å². The summed E-state index contributed by atoms with van der Waals surface area (Å²) in [7, 11) is -16.4. The SMILES string of the molecule is CCCCCCCCCCCCC/C=C/CCCCCCCC(=O)SCCNC(=O)CCNC(=O)C(O)C(C)(C)COP(=O)(O)OP(=O)(O)OCC1OC(n2cnc3c(N)ncnc32)C(O)C1OP(=O)(O)O. The molecule has 412 valence electrons. The summed E-state index contributed by atoms with van der Waals surface area (Å²) in [4.78, 5) is 88.5. The van der Waals surface area contributed by atoms with Crippen LogP contribution in [0.3, 0.4) is 0 Å². The van der Waals surface area contributed by atoms with E-state index in [0.717, 1.165) is 73.9 Å². The number of rotatable bonds is 39. The smallest absolute Gasteiger partial charge is 0.386 e. The highest BCUT2D eigenvalue weighted by Gasteiger charge is 2.50. The van der Waals surface area contributed by atoms with Gasteiger partial charge in [-0.15, -0.1) is 0 Å². The minimum absolute atomic E-state index is 0.0335. The number of phosphoric acid groups is 3. The summed E-state index contributed by atoms with van der Waals surface area (Å²) in [5, 5.41) is 26.7. The molecule has 1 saturated heterocycles. The molecule has 0 spiro atoms. The van der Waals surface area contributed by atoms with Crippen LogP contribution in [0.2, 0.25) is 0 Å². The second-order valence-electron chi connectivity index (χ2n) is 18.4. The molecule has 2 aromatic heterocycles. The van der Waals surface area contributed by atoms with Gasteiger partial charge in [0.25, 0.3) is 0 Å². The number of hydrogen-bond donors (Lipinski definition) is 9. The Morgan fingerprint density at radius 1 is 0.833 bits per heavy atom. The standard InChI is InChI=1S/C44H78N7O17P3S/c1-4-5-6-7-8-9-10-11-12-13-14-15-16-17-18-19-20-21-22-23-24-35(53)72-28-27-46-34(52)25-26-47-42(56)39(55)44(2,3)30-65-71(62,63)68-70(60,61)64-29-33-38(67-69(57,58)59)37(54)43(66-33)51-32-50-36-40(45)48-31-49-41(36)51/h16-17,31-33,37-39,43,54-55H,4-15,18-30H2,1-3H3,(H,46,52)(H,47,56)(H,60,61)(H,62,63)(H2,45,48,49)(H2,57,58,59)/b17-16+. The van der Waals surface area contributed by atoms with Crippen LogP contribution in [-0.4, -0.2) is 123 Å². The van der Waals surface area contributed by atoms with E-state index in [2.05, 4.69) is 53.5 Å². The van der Waals surface area contributed by atoms with E-state index in [1.165, 1.54) is 84.5 Å². The summed E-state index contributed by atoms with van der Waals surface area (Å²) in [6, 6.07) is 0. The molecule has 0 bridgehead atoms. The molecule has 1 aliphatic rings. The average molecular weight is 1100 g/mol. The zero-order valence-corrected chi connectivity index (χ0v) is 45.2. The van der Waals surface area contributed by atoms with Gasteiger partial charge in [-0.05, 0) is 32.1 Å². The van der Waals surface area contributed by atoms with Gasteiger partial charge in [0, 0.05) is 37.1 Å². The van der Waals surface area contributed by atoms with Crippen molar-refractivity contribution in [3.63, 3.8) is 0 Å². The Bertz CT molecular complexity index is 2130. The van der Waals surface area contributed by atoms with E-state index in [1.807, 2.05) is 0 Å². The van der Waals surface area contributed by atoms with E-state index in [9.17, 15) is 57.9 Å². The van der Waals surface area contributed by atoms with Crippen LogP contribution >= 0.6 is 35.2 Å². The topological polar surface area (TPSA) is 364 Å². The number of phosphoric ester groups is 3. The van der Waals surface area contributed by atoms with Crippen molar-refractivity contribution in [3.8, 4) is 0 Å². The highest BCUT2D eigenvalue weighted by molar-refractivity contribution is 8.13. The van der Waals surface area contributed by atoms with E-state index in [4.69, 9.17) is 19.5 Å². The number of aliphatic hydroxyl groups is 2. The average Bonchev–Trinajstić information content (AvgIpc) is 3.87. The Hall–Kier alpha value is -2.70. The predicted molar refractivity (Wildman–Crippen MR) is 270 cm³/mol. The summed E-state index contributed by atoms with van der Waals surface area (Å²) in [6.07, 6.45) is 20.6. The molecule has 2 aromatic rings. The number of nitrogens with one attached hydrogen (secondary N) is 2. The first-order chi connectivity index (χ1) is 34.1. The number of nitrogens with two attached hydrogens (primary N) is 1. The number of fused-ring (bicyclic) bond motifs is 1. The molecule has 10 N–H and O–H groups in total. The Morgan fingerprint density at radius 2 is 1.42 bits per heavy atom. The Labute approximate surface area is 426 Å². The number of allylic oxidation sites excluding steroid dienone is 2. The third kappa shape index (κ3) is 24.8. The number of nitrogen functional groups attached to an aromatic ring is 1. The lowest BCUT2D eigenvalue weighted by molar-refractivity contribution is -0.137. The van der Waals surface area contributed by atoms with Crippen molar-refractivity contribution in [1.29, 1.82) is 0 Å². The molecular formula is C44H78N7O17P3S. The normalized spacial score (nSPS) is 19.6. The van der Waals surface area contributed by atoms with Crippen LogP contribution in [0, 0.1) is 5.41 Å². The predicted octanol–water partition coefficient (Wildman–Crippen LogP) is 6.65. The molecule has 3 heterocycles. The van der Waals surface area contributed by atoms with Crippen LogP contribution in [0.5, 0.6) is 0 Å². The first kappa shape index (κ1) is 63.6. The molecule has 1 aliphatic heterocycles. The minimum atomic E-state index is -5.58. The molecule has 3 rings (SSSR count). The largest absolute Gasteiger partial charge is 0.481 e. The van der Waals surface area contributed by atoms with Gasteiger partial charge in [0.15, 0.2) is 22.8 Å². The Kier molecular flexibility index (Phi) is 28.9. The Balaban J connectivity index is 1.24. The van der Waals surface area contributed by atoms with Crippen molar-refractivity contribution in [3.05, 3.63) is 24.8 Å². The fourth-order valence-electron chi connectivity index (χ4n) is 7.59. The maximum absolute atomic E-state index is 12.8. The van der Waals surface area contributed by atoms with Crippen LogP contribution in [0.25, 0.3) is 11.2 Å². The molecule has 72 heavy (non-hydrogen) atoms. The first-order valence-electron chi connectivity index (χ1n) is 24.8. The molecule has 0 aliphatic carbocycles. The fourth-order valence-corrected chi connectivity index (χ4v) is 11.1. The van der Waals surface area contributed by atoms with Crippen molar-refractivity contribution in [2.75, 3.05) is 37.8 Å². The molecule has 7 atom stereocenters. The van der Waals surface area contributed by atoms with E-state index >= 15 is 0 Å². The number of carbonyl (C=O) groups excluding carboxylic acids is 3. The van der Waals surface area contributed by atoms with Crippen LogP contribution in [0.15, 0.2) is 24.8 Å². The van der Waals surface area contributed by atoms with Crippen LogP contribution in [0.4, 0.5) is 5.82 Å². The van der Waals surface area contributed by atoms with Crippen LogP contribution < -0.4 is 16.4 Å². The number of thioether (sulfide) groups is 1. The molecule has 7 unspecified atom stereocenters. The summed E-state index contributed by atoms with van der Waals surface area (Å²) in [6.45, 7) is 2.83. The second-order valence-corrected chi connectivity index (χ2v) is 23.8. The summed E-state index contributed by atoms with van der Waals surface area (Å²) in [5.41, 5.74) is 4.29. The number of ether oxygens (including phenoxy) is 1. The zero-order chi connectivity index (χ0) is 53.2. The van der Waals surface area contributed by atoms with Crippen molar-refractivity contribution in [1.82, 2.24) is 30.2 Å². The number of carbonyl (C=O) groups is 3. The van der Waals surface area contributed by atoms with E-state index in [1.54, 1.807) is 0 Å². The van der Waals surface area contributed by atoms with Gasteiger partial charge in [-0.1, -0.05) is 128 Å². The molecule has 28 heteroatoms. The fraction of sp³-hybridized carbons (Fsp3) is 0.773. The molecule has 24 nitrogen and oxygen atoms in total. The van der Waals surface area contributed by atoms with E-state index in [-0.39, 0.29) is 41.6 Å². The molecule has 2 amide bonds.